The number of para-hydroxylation sites is 2. The summed E-state index contributed by atoms with van der Waals surface area (Å²) in [5.41, 5.74) is 5.51. The molecular formula is C30H33N3O2. The Labute approximate surface area is 207 Å². The molecule has 2 amide bonds. The molecule has 0 spiro atoms. The highest BCUT2D eigenvalue weighted by molar-refractivity contribution is 6.09. The summed E-state index contributed by atoms with van der Waals surface area (Å²) in [5, 5.41) is 6.10. The van der Waals surface area contributed by atoms with E-state index in [0.29, 0.717) is 16.8 Å². The van der Waals surface area contributed by atoms with Gasteiger partial charge in [0.25, 0.3) is 11.8 Å². The second-order valence-electron chi connectivity index (χ2n) is 9.66. The molecule has 1 aliphatic heterocycles. The van der Waals surface area contributed by atoms with Crippen LogP contribution in [0.25, 0.3) is 0 Å². The summed E-state index contributed by atoms with van der Waals surface area (Å²) in [7, 11) is 0. The fourth-order valence-corrected chi connectivity index (χ4v) is 5.25. The minimum Gasteiger partial charge on any atom is -0.367 e. The predicted octanol–water partition coefficient (Wildman–Crippen LogP) is 5.95. The van der Waals surface area contributed by atoms with Crippen molar-refractivity contribution in [3.05, 3.63) is 95.1 Å². The summed E-state index contributed by atoms with van der Waals surface area (Å²) in [6.07, 6.45) is 7.89. The molecule has 0 unspecified atom stereocenters. The molecule has 35 heavy (non-hydrogen) atoms. The van der Waals surface area contributed by atoms with Crippen LogP contribution in [0.4, 0.5) is 11.4 Å². The Balaban J connectivity index is 1.24. The van der Waals surface area contributed by atoms with Gasteiger partial charge in [-0.25, -0.2) is 0 Å². The van der Waals surface area contributed by atoms with E-state index in [-0.39, 0.29) is 17.9 Å². The first-order chi connectivity index (χ1) is 17.2. The van der Waals surface area contributed by atoms with Gasteiger partial charge in [-0.2, -0.15) is 0 Å². The number of carbonyl (C=O) groups is 2. The maximum Gasteiger partial charge on any atom is 0.255 e. The third kappa shape index (κ3) is 5.56. The summed E-state index contributed by atoms with van der Waals surface area (Å²) in [5.74, 6) is -0.331. The number of rotatable bonds is 6. The van der Waals surface area contributed by atoms with E-state index in [1.807, 2.05) is 36.4 Å². The van der Waals surface area contributed by atoms with E-state index >= 15 is 0 Å². The van der Waals surface area contributed by atoms with E-state index in [0.717, 1.165) is 51.6 Å². The number of anilines is 2. The molecule has 2 aliphatic rings. The van der Waals surface area contributed by atoms with E-state index in [1.165, 1.54) is 23.2 Å². The molecule has 1 fully saturated rings. The zero-order valence-electron chi connectivity index (χ0n) is 20.1. The number of nitrogens with zero attached hydrogens (tertiary/aromatic N) is 1. The smallest absolute Gasteiger partial charge is 0.255 e. The Kier molecular flexibility index (Phi) is 7.12. The minimum atomic E-state index is -0.210. The van der Waals surface area contributed by atoms with Crippen molar-refractivity contribution in [1.29, 1.82) is 0 Å². The van der Waals surface area contributed by atoms with Crippen LogP contribution in [0.3, 0.4) is 0 Å². The monoisotopic (exact) mass is 467 g/mol. The van der Waals surface area contributed by atoms with Gasteiger partial charge >= 0.3 is 0 Å². The van der Waals surface area contributed by atoms with Gasteiger partial charge in [0.2, 0.25) is 0 Å². The van der Waals surface area contributed by atoms with Gasteiger partial charge < -0.3 is 15.5 Å². The average molecular weight is 468 g/mol. The summed E-state index contributed by atoms with van der Waals surface area (Å²) in [6.45, 7) is 1.86. The fourth-order valence-electron chi connectivity index (χ4n) is 5.25. The Morgan fingerprint density at radius 2 is 1.54 bits per heavy atom. The largest absolute Gasteiger partial charge is 0.367 e. The number of nitrogens with one attached hydrogen (secondary N) is 2. The predicted molar refractivity (Wildman–Crippen MR) is 141 cm³/mol. The molecule has 5 rings (SSSR count). The number of carbonyl (C=O) groups excluding carboxylic acids is 2. The summed E-state index contributed by atoms with van der Waals surface area (Å²) < 4.78 is 0. The molecule has 0 radical (unpaired) electrons. The van der Waals surface area contributed by atoms with Crippen LogP contribution in [0.15, 0.2) is 72.8 Å². The Bertz CT molecular complexity index is 1180. The van der Waals surface area contributed by atoms with Crippen LogP contribution >= 0.6 is 0 Å². The third-order valence-electron chi connectivity index (χ3n) is 7.16. The second-order valence-corrected chi connectivity index (χ2v) is 9.66. The normalized spacial score (nSPS) is 15.8. The van der Waals surface area contributed by atoms with Gasteiger partial charge in [0, 0.05) is 30.4 Å². The number of amides is 2. The lowest BCUT2D eigenvalue weighted by atomic mass is 9.95. The fraction of sp³-hybridized carbons (Fsp3) is 0.333. The first-order valence-corrected chi connectivity index (χ1v) is 12.8. The van der Waals surface area contributed by atoms with E-state index in [1.54, 1.807) is 12.1 Å². The first kappa shape index (κ1) is 23.2. The molecule has 5 heteroatoms. The van der Waals surface area contributed by atoms with Crippen molar-refractivity contribution in [2.75, 3.05) is 16.8 Å². The van der Waals surface area contributed by atoms with Gasteiger partial charge in [0.15, 0.2) is 0 Å². The van der Waals surface area contributed by atoms with Gasteiger partial charge in [-0.05, 0) is 67.1 Å². The Morgan fingerprint density at radius 3 is 2.37 bits per heavy atom. The van der Waals surface area contributed by atoms with Crippen LogP contribution in [0.1, 0.15) is 70.4 Å². The topological polar surface area (TPSA) is 61.4 Å². The molecule has 3 aromatic carbocycles. The van der Waals surface area contributed by atoms with E-state index < -0.39 is 0 Å². The highest BCUT2D eigenvalue weighted by Crippen LogP contribution is 2.28. The second kappa shape index (κ2) is 10.8. The highest BCUT2D eigenvalue weighted by atomic mass is 16.2. The molecule has 0 saturated heterocycles. The number of hydrogen-bond acceptors (Lipinski definition) is 3. The molecule has 2 N–H and O–H groups in total. The van der Waals surface area contributed by atoms with Crippen LogP contribution in [0.2, 0.25) is 0 Å². The van der Waals surface area contributed by atoms with Crippen LogP contribution in [0.5, 0.6) is 0 Å². The van der Waals surface area contributed by atoms with Crippen LogP contribution in [-0.4, -0.2) is 24.4 Å². The number of aryl methyl sites for hydroxylation is 1. The molecule has 1 aliphatic carbocycles. The van der Waals surface area contributed by atoms with Gasteiger partial charge in [0.1, 0.15) is 0 Å². The number of fused-ring (bicyclic) bond motifs is 1. The maximum atomic E-state index is 13.0. The molecule has 0 atom stereocenters. The molecule has 1 saturated carbocycles. The first-order valence-electron chi connectivity index (χ1n) is 12.8. The van der Waals surface area contributed by atoms with Crippen molar-refractivity contribution < 1.29 is 9.59 Å². The lowest BCUT2D eigenvalue weighted by molar-refractivity contribution is 0.0928. The van der Waals surface area contributed by atoms with Crippen molar-refractivity contribution in [1.82, 2.24) is 5.32 Å². The maximum absolute atomic E-state index is 13.0. The lowest BCUT2D eigenvalue weighted by Crippen LogP contribution is -2.36. The minimum absolute atomic E-state index is 0.120. The summed E-state index contributed by atoms with van der Waals surface area (Å²) in [6, 6.07) is 23.8. The van der Waals surface area contributed by atoms with Gasteiger partial charge in [-0.1, -0.05) is 61.7 Å². The summed E-state index contributed by atoms with van der Waals surface area (Å²) >= 11 is 0. The van der Waals surface area contributed by atoms with Gasteiger partial charge in [-0.3, -0.25) is 9.59 Å². The molecule has 0 bridgehead atoms. The van der Waals surface area contributed by atoms with E-state index in [9.17, 15) is 9.59 Å². The molecule has 3 aromatic rings. The molecular weight excluding hydrogens is 434 g/mol. The molecule has 5 nitrogen and oxygen atoms in total. The molecule has 180 valence electrons. The Hall–Kier alpha value is -3.60. The van der Waals surface area contributed by atoms with Crippen LogP contribution in [-0.2, 0) is 13.0 Å². The molecule has 1 heterocycles. The lowest BCUT2D eigenvalue weighted by Gasteiger charge is -2.31. The van der Waals surface area contributed by atoms with Crippen molar-refractivity contribution in [2.24, 2.45) is 0 Å². The van der Waals surface area contributed by atoms with Crippen molar-refractivity contribution in [3.8, 4) is 0 Å². The van der Waals surface area contributed by atoms with Crippen molar-refractivity contribution in [3.63, 3.8) is 0 Å². The molecule has 0 aromatic heterocycles. The van der Waals surface area contributed by atoms with Crippen molar-refractivity contribution in [2.45, 2.75) is 57.5 Å². The van der Waals surface area contributed by atoms with Gasteiger partial charge in [-0.15, -0.1) is 0 Å². The van der Waals surface area contributed by atoms with Crippen LogP contribution < -0.4 is 15.5 Å². The zero-order chi connectivity index (χ0) is 24.0. The average Bonchev–Trinajstić information content (AvgIpc) is 2.90. The number of benzene rings is 3. The van der Waals surface area contributed by atoms with E-state index in [4.69, 9.17) is 0 Å². The quantitative estimate of drug-likeness (QED) is 0.471. The van der Waals surface area contributed by atoms with Crippen molar-refractivity contribution >= 4 is 23.2 Å². The highest BCUT2D eigenvalue weighted by Gasteiger charge is 2.20. The third-order valence-corrected chi connectivity index (χ3v) is 7.16. The summed E-state index contributed by atoms with van der Waals surface area (Å²) in [4.78, 5) is 28.3. The SMILES string of the molecule is O=C(Nc1ccccc1C(=O)NC1CCCCC1)c1ccc(CN2CCCc3ccccc32)cc1. The Morgan fingerprint density at radius 1 is 0.800 bits per heavy atom. The van der Waals surface area contributed by atoms with E-state index in [2.05, 4.69) is 39.8 Å². The zero-order valence-corrected chi connectivity index (χ0v) is 20.1. The van der Waals surface area contributed by atoms with Crippen LogP contribution in [0, 0.1) is 0 Å². The number of hydrogen-bond donors (Lipinski definition) is 2. The van der Waals surface area contributed by atoms with Gasteiger partial charge in [0.05, 0.1) is 11.3 Å². The standard InChI is InChI=1S/C30H33N3O2/c34-29(32-27-14-6-5-13-26(27)30(35)31-25-11-2-1-3-12-25)24-18-16-22(17-19-24)21-33-20-8-10-23-9-4-7-15-28(23)33/h4-7,9,13-19,25H,1-3,8,10-12,20-21H2,(H,31,35)(H,32,34).